The molecule has 0 radical (unpaired) electrons. The molecule has 1 unspecified atom stereocenters. The lowest BCUT2D eigenvalue weighted by molar-refractivity contribution is -0.122. The Hall–Kier alpha value is -1.35. The van der Waals surface area contributed by atoms with E-state index in [9.17, 15) is 9.59 Å². The van der Waals surface area contributed by atoms with Gasteiger partial charge >= 0.3 is 0 Å². The Morgan fingerprint density at radius 3 is 2.72 bits per heavy atom. The molecule has 4 heteroatoms. The average molecular weight is 264 g/mol. The molecule has 2 aliphatic rings. The first kappa shape index (κ1) is 11.7. The van der Waals surface area contributed by atoms with Crippen molar-refractivity contribution in [3.05, 3.63) is 29.8 Å². The first-order chi connectivity index (χ1) is 8.66. The number of carbonyl (C=O) groups is 2. The molecule has 0 bridgehead atoms. The summed E-state index contributed by atoms with van der Waals surface area (Å²) in [7, 11) is 0. The lowest BCUT2D eigenvalue weighted by Gasteiger charge is -2.17. The molecule has 94 valence electrons. The second kappa shape index (κ2) is 4.39. The molecule has 1 aliphatic carbocycles. The lowest BCUT2D eigenvalue weighted by atomic mass is 9.98. The summed E-state index contributed by atoms with van der Waals surface area (Å²) in [5.74, 6) is 0.273. The van der Waals surface area contributed by atoms with Crippen LogP contribution in [0.3, 0.4) is 0 Å². The van der Waals surface area contributed by atoms with E-state index in [0.29, 0.717) is 5.92 Å². The van der Waals surface area contributed by atoms with Gasteiger partial charge in [0.25, 0.3) is 0 Å². The maximum atomic E-state index is 12.4. The zero-order valence-electron chi connectivity index (χ0n) is 9.93. The number of hydrogen-bond donors (Lipinski definition) is 0. The summed E-state index contributed by atoms with van der Waals surface area (Å²) in [5, 5.41) is -0.448. The van der Waals surface area contributed by atoms with E-state index in [2.05, 4.69) is 0 Å². The molecule has 1 aliphatic heterocycles. The number of amides is 1. The summed E-state index contributed by atoms with van der Waals surface area (Å²) in [6.07, 6.45) is 2.49. The lowest BCUT2D eigenvalue weighted by Crippen LogP contribution is -2.31. The Kier molecular flexibility index (Phi) is 2.86. The number of para-hydroxylation sites is 1. The minimum absolute atomic E-state index is 0.0251. The molecule has 0 spiro atoms. The van der Waals surface area contributed by atoms with Crippen LogP contribution in [0.5, 0.6) is 0 Å². The Morgan fingerprint density at radius 1 is 1.33 bits per heavy atom. The molecule has 1 aromatic rings. The fourth-order valence-electron chi connectivity index (χ4n) is 2.57. The third-order valence-corrected chi connectivity index (χ3v) is 3.82. The monoisotopic (exact) mass is 263 g/mol. The molecule has 1 aromatic carbocycles. The molecular formula is C14H14ClNO2. The van der Waals surface area contributed by atoms with Gasteiger partial charge in [0.15, 0.2) is 0 Å². The summed E-state index contributed by atoms with van der Waals surface area (Å²) in [5.41, 5.74) is 1.90. The molecule has 18 heavy (non-hydrogen) atoms. The molecule has 1 amide bonds. The van der Waals surface area contributed by atoms with Crippen molar-refractivity contribution < 1.29 is 9.59 Å². The van der Waals surface area contributed by atoms with Gasteiger partial charge in [0.05, 0.1) is 5.92 Å². The van der Waals surface area contributed by atoms with Gasteiger partial charge in [-0.1, -0.05) is 18.2 Å². The summed E-state index contributed by atoms with van der Waals surface area (Å²) >= 11 is 5.45. The summed E-state index contributed by atoms with van der Waals surface area (Å²) in [6, 6.07) is 7.70. The van der Waals surface area contributed by atoms with Crippen LogP contribution in [0.2, 0.25) is 0 Å². The Morgan fingerprint density at radius 2 is 2.06 bits per heavy atom. The predicted octanol–water partition coefficient (Wildman–Crippen LogP) is 2.68. The molecule has 0 N–H and O–H groups in total. The van der Waals surface area contributed by atoms with Crippen LogP contribution in [-0.2, 0) is 9.59 Å². The van der Waals surface area contributed by atoms with Gasteiger partial charge in [-0.2, -0.15) is 0 Å². The molecule has 3 nitrogen and oxygen atoms in total. The van der Waals surface area contributed by atoms with E-state index in [1.54, 1.807) is 0 Å². The number of hydrogen-bond acceptors (Lipinski definition) is 2. The normalized spacial score (nSPS) is 22.2. The van der Waals surface area contributed by atoms with Crippen LogP contribution >= 0.6 is 11.6 Å². The van der Waals surface area contributed by atoms with Crippen molar-refractivity contribution in [2.45, 2.75) is 25.2 Å². The van der Waals surface area contributed by atoms with Crippen LogP contribution in [0, 0.1) is 5.92 Å². The van der Waals surface area contributed by atoms with Crippen molar-refractivity contribution >= 4 is 28.4 Å². The molecule has 3 rings (SSSR count). The molecule has 1 saturated carbocycles. The smallest absolute Gasteiger partial charge is 0.235 e. The van der Waals surface area contributed by atoms with Crippen LogP contribution in [-0.4, -0.2) is 17.7 Å². The number of carbonyl (C=O) groups excluding carboxylic acids is 2. The topological polar surface area (TPSA) is 37.4 Å². The zero-order chi connectivity index (χ0) is 12.7. The van der Waals surface area contributed by atoms with Crippen LogP contribution in [0.25, 0.3) is 0 Å². The standard InChI is InChI=1S/C14H14ClNO2/c15-13(17)7-11-10-3-1-2-4-12(10)16(14(11)18)8-9-5-6-9/h1-4,9,11H,5-8H2. The van der Waals surface area contributed by atoms with Crippen LogP contribution in [0.15, 0.2) is 24.3 Å². The first-order valence-electron chi connectivity index (χ1n) is 6.25. The van der Waals surface area contributed by atoms with E-state index in [-0.39, 0.29) is 18.2 Å². The van der Waals surface area contributed by atoms with E-state index >= 15 is 0 Å². The van der Waals surface area contributed by atoms with E-state index in [1.807, 2.05) is 29.2 Å². The van der Waals surface area contributed by atoms with E-state index < -0.39 is 5.24 Å². The Balaban J connectivity index is 1.93. The minimum atomic E-state index is -0.448. The Bertz CT molecular complexity index is 510. The fourth-order valence-corrected chi connectivity index (χ4v) is 2.73. The van der Waals surface area contributed by atoms with Crippen molar-refractivity contribution in [1.29, 1.82) is 0 Å². The third kappa shape index (κ3) is 2.03. The summed E-state index contributed by atoms with van der Waals surface area (Å²) < 4.78 is 0. The number of halogens is 1. The Labute approximate surface area is 111 Å². The molecule has 0 saturated heterocycles. The highest BCUT2D eigenvalue weighted by Crippen LogP contribution is 2.42. The molecular weight excluding hydrogens is 250 g/mol. The van der Waals surface area contributed by atoms with Crippen LogP contribution < -0.4 is 4.90 Å². The predicted molar refractivity (Wildman–Crippen MR) is 69.7 cm³/mol. The number of benzene rings is 1. The van der Waals surface area contributed by atoms with Crippen molar-refractivity contribution in [2.75, 3.05) is 11.4 Å². The summed E-state index contributed by atoms with van der Waals surface area (Å²) in [6.45, 7) is 0.781. The van der Waals surface area contributed by atoms with Gasteiger partial charge < -0.3 is 4.90 Å². The number of rotatable bonds is 4. The molecule has 1 atom stereocenters. The van der Waals surface area contributed by atoms with Crippen molar-refractivity contribution in [3.63, 3.8) is 0 Å². The molecule has 0 aromatic heterocycles. The van der Waals surface area contributed by atoms with Gasteiger partial charge in [0.1, 0.15) is 0 Å². The van der Waals surface area contributed by atoms with Crippen molar-refractivity contribution in [2.24, 2.45) is 5.92 Å². The molecule has 1 fully saturated rings. The van der Waals surface area contributed by atoms with Gasteiger partial charge in [0.2, 0.25) is 11.1 Å². The first-order valence-corrected chi connectivity index (χ1v) is 6.63. The van der Waals surface area contributed by atoms with E-state index in [0.717, 1.165) is 17.8 Å². The van der Waals surface area contributed by atoms with Gasteiger partial charge in [-0.3, -0.25) is 9.59 Å². The van der Waals surface area contributed by atoms with Gasteiger partial charge in [-0.25, -0.2) is 0 Å². The van der Waals surface area contributed by atoms with Gasteiger partial charge in [-0.15, -0.1) is 0 Å². The van der Waals surface area contributed by atoms with Crippen LogP contribution in [0.4, 0.5) is 5.69 Å². The maximum Gasteiger partial charge on any atom is 0.235 e. The number of fused-ring (bicyclic) bond motifs is 1. The third-order valence-electron chi connectivity index (χ3n) is 3.67. The summed E-state index contributed by atoms with van der Waals surface area (Å²) in [4.78, 5) is 25.3. The van der Waals surface area contributed by atoms with Gasteiger partial charge in [-0.05, 0) is 42.0 Å². The zero-order valence-corrected chi connectivity index (χ0v) is 10.7. The average Bonchev–Trinajstić information content (AvgIpc) is 3.12. The van der Waals surface area contributed by atoms with E-state index in [1.165, 1.54) is 12.8 Å². The minimum Gasteiger partial charge on any atom is -0.311 e. The number of anilines is 1. The van der Waals surface area contributed by atoms with Crippen molar-refractivity contribution in [1.82, 2.24) is 0 Å². The largest absolute Gasteiger partial charge is 0.311 e. The fraction of sp³-hybridized carbons (Fsp3) is 0.429. The molecule has 1 heterocycles. The van der Waals surface area contributed by atoms with Crippen molar-refractivity contribution in [3.8, 4) is 0 Å². The van der Waals surface area contributed by atoms with E-state index in [4.69, 9.17) is 11.6 Å². The second-order valence-corrected chi connectivity index (χ2v) is 5.48. The highest BCUT2D eigenvalue weighted by Gasteiger charge is 2.40. The highest BCUT2D eigenvalue weighted by atomic mass is 35.5. The van der Waals surface area contributed by atoms with Crippen LogP contribution in [0.1, 0.15) is 30.7 Å². The van der Waals surface area contributed by atoms with Gasteiger partial charge in [0, 0.05) is 18.7 Å². The second-order valence-electron chi connectivity index (χ2n) is 5.06. The quantitative estimate of drug-likeness (QED) is 0.784. The number of nitrogens with zero attached hydrogens (tertiary/aromatic N) is 1. The highest BCUT2D eigenvalue weighted by molar-refractivity contribution is 6.63. The maximum absolute atomic E-state index is 12.4. The SMILES string of the molecule is O=C(Cl)CC1C(=O)N(CC2CC2)c2ccccc21.